The predicted octanol–water partition coefficient (Wildman–Crippen LogP) is 3.16. The van der Waals surface area contributed by atoms with Crippen molar-refractivity contribution >= 4 is 17.9 Å². The smallest absolute Gasteiger partial charge is 0.278 e. The van der Waals surface area contributed by atoms with Crippen LogP contribution >= 0.6 is 12.6 Å². The van der Waals surface area contributed by atoms with E-state index in [1.54, 1.807) is 11.9 Å². The summed E-state index contributed by atoms with van der Waals surface area (Å²) < 4.78 is 0. The Morgan fingerprint density at radius 1 is 1.18 bits per heavy atom. The zero-order valence-electron chi connectivity index (χ0n) is 11.5. The molecule has 17 heavy (non-hydrogen) atoms. The Morgan fingerprint density at radius 2 is 1.82 bits per heavy atom. The van der Waals surface area contributed by atoms with Crippen LogP contribution in [0.3, 0.4) is 0 Å². The van der Waals surface area contributed by atoms with E-state index < -0.39 is 0 Å². The molecule has 0 aromatic carbocycles. The Labute approximate surface area is 112 Å². The van der Waals surface area contributed by atoms with Gasteiger partial charge in [0.1, 0.15) is 0 Å². The van der Waals surface area contributed by atoms with Crippen molar-refractivity contribution in [1.82, 2.24) is 10.2 Å². The Hall–Kier alpha value is -0.220. The van der Waals surface area contributed by atoms with E-state index in [4.69, 9.17) is 0 Å². The highest BCUT2D eigenvalue weighted by Gasteiger charge is 2.01. The van der Waals surface area contributed by atoms with E-state index in [-0.39, 0.29) is 5.24 Å². The van der Waals surface area contributed by atoms with Crippen molar-refractivity contribution in [3.05, 3.63) is 0 Å². The molecule has 102 valence electrons. The van der Waals surface area contributed by atoms with Crippen molar-refractivity contribution in [2.24, 2.45) is 5.92 Å². The minimum atomic E-state index is -0.142. The van der Waals surface area contributed by atoms with Crippen LogP contribution in [0.1, 0.15) is 46.0 Å². The normalized spacial score (nSPS) is 10.9. The third-order valence-electron chi connectivity index (χ3n) is 2.81. The Morgan fingerprint density at radius 3 is 2.41 bits per heavy atom. The van der Waals surface area contributed by atoms with Crippen molar-refractivity contribution in [2.75, 3.05) is 26.7 Å². The number of hydrogen-bond donors (Lipinski definition) is 2. The topological polar surface area (TPSA) is 32.3 Å². The van der Waals surface area contributed by atoms with Crippen molar-refractivity contribution in [3.63, 3.8) is 0 Å². The minimum Gasteiger partial charge on any atom is -0.337 e. The molecule has 0 aromatic heterocycles. The van der Waals surface area contributed by atoms with Gasteiger partial charge in [0.05, 0.1) is 0 Å². The first-order valence-corrected chi connectivity index (χ1v) is 7.13. The van der Waals surface area contributed by atoms with Gasteiger partial charge in [-0.25, -0.2) is 0 Å². The number of amides is 1. The summed E-state index contributed by atoms with van der Waals surface area (Å²) in [4.78, 5) is 12.5. The Bertz CT molecular complexity index is 198. The van der Waals surface area contributed by atoms with Crippen LogP contribution in [0, 0.1) is 5.92 Å². The van der Waals surface area contributed by atoms with Crippen molar-refractivity contribution in [3.8, 4) is 0 Å². The molecular weight excluding hydrogens is 232 g/mol. The van der Waals surface area contributed by atoms with Gasteiger partial charge in [-0.2, -0.15) is 0 Å². The van der Waals surface area contributed by atoms with E-state index in [1.165, 1.54) is 25.7 Å². The third kappa shape index (κ3) is 12.0. The number of unbranched alkanes of at least 4 members (excludes halogenated alkanes) is 2. The van der Waals surface area contributed by atoms with E-state index in [0.717, 1.165) is 32.0 Å². The van der Waals surface area contributed by atoms with Crippen LogP contribution in [0.4, 0.5) is 4.79 Å². The number of rotatable bonds is 10. The largest absolute Gasteiger partial charge is 0.337 e. The van der Waals surface area contributed by atoms with Gasteiger partial charge in [0, 0.05) is 13.6 Å². The van der Waals surface area contributed by atoms with Gasteiger partial charge in [0.25, 0.3) is 5.24 Å². The van der Waals surface area contributed by atoms with E-state index in [9.17, 15) is 4.79 Å². The van der Waals surface area contributed by atoms with Gasteiger partial charge >= 0.3 is 0 Å². The van der Waals surface area contributed by atoms with Crippen LogP contribution in [0.25, 0.3) is 0 Å². The number of thiol groups is 1. The number of nitrogens with one attached hydrogen (secondary N) is 1. The maximum absolute atomic E-state index is 10.8. The first-order chi connectivity index (χ1) is 8.04. The molecule has 1 N–H and O–H groups in total. The molecule has 4 heteroatoms. The molecule has 1 amide bonds. The molecule has 0 saturated heterocycles. The van der Waals surface area contributed by atoms with Crippen LogP contribution in [0.2, 0.25) is 0 Å². The molecule has 3 nitrogen and oxygen atoms in total. The highest BCUT2D eigenvalue weighted by molar-refractivity contribution is 7.96. The molecule has 0 aliphatic carbocycles. The molecule has 0 saturated carbocycles. The quantitative estimate of drug-likeness (QED) is 0.467. The van der Waals surface area contributed by atoms with Gasteiger partial charge in [0.2, 0.25) is 0 Å². The van der Waals surface area contributed by atoms with Crippen LogP contribution in [0.5, 0.6) is 0 Å². The Kier molecular flexibility index (Phi) is 10.8. The summed E-state index contributed by atoms with van der Waals surface area (Å²) in [5.41, 5.74) is 0. The average molecular weight is 260 g/mol. The number of hydrogen-bond acceptors (Lipinski definition) is 2. The summed E-state index contributed by atoms with van der Waals surface area (Å²) in [7, 11) is 1.79. The van der Waals surface area contributed by atoms with Crippen LogP contribution in [-0.4, -0.2) is 36.8 Å². The second-order valence-corrected chi connectivity index (χ2v) is 5.43. The minimum absolute atomic E-state index is 0.142. The van der Waals surface area contributed by atoms with Gasteiger partial charge in [-0.15, -0.1) is 0 Å². The van der Waals surface area contributed by atoms with E-state index in [2.05, 4.69) is 31.8 Å². The van der Waals surface area contributed by atoms with Crippen LogP contribution in [0.15, 0.2) is 0 Å². The molecule has 0 rings (SSSR count). The Balaban J connectivity index is 3.11. The molecule has 0 aromatic rings. The highest BCUT2D eigenvalue weighted by atomic mass is 32.1. The molecule has 0 aliphatic heterocycles. The molecule has 0 radical (unpaired) electrons. The van der Waals surface area contributed by atoms with Gasteiger partial charge in [-0.3, -0.25) is 4.79 Å². The molecule has 0 heterocycles. The number of carbonyl (C=O) groups excluding carboxylic acids is 1. The lowest BCUT2D eigenvalue weighted by atomic mass is 10.1. The number of nitrogens with zero attached hydrogens (tertiary/aromatic N) is 1. The van der Waals surface area contributed by atoms with Gasteiger partial charge in [0.15, 0.2) is 0 Å². The standard InChI is InChI=1S/C13H28N2OS/c1-12(2)8-7-10-14-9-5-4-6-11-15(3)13(16)17/h12,14H,4-11H2,1-3H3,(H,16,17). The molecule has 0 atom stereocenters. The predicted molar refractivity (Wildman–Crippen MR) is 77.8 cm³/mol. The SMILES string of the molecule is CC(C)CCCNCCCCCN(C)C(=O)S. The molecule has 0 fully saturated rings. The molecule has 0 unspecified atom stereocenters. The fourth-order valence-electron chi connectivity index (χ4n) is 1.63. The maximum atomic E-state index is 10.8. The van der Waals surface area contributed by atoms with Gasteiger partial charge < -0.3 is 10.2 Å². The highest BCUT2D eigenvalue weighted by Crippen LogP contribution is 2.02. The van der Waals surface area contributed by atoms with Gasteiger partial charge in [-0.05, 0) is 44.7 Å². The third-order valence-corrected chi connectivity index (χ3v) is 3.15. The summed E-state index contributed by atoms with van der Waals surface area (Å²) in [6.45, 7) is 7.57. The second kappa shape index (κ2) is 10.9. The first-order valence-electron chi connectivity index (χ1n) is 6.68. The summed E-state index contributed by atoms with van der Waals surface area (Å²) in [5.74, 6) is 0.811. The summed E-state index contributed by atoms with van der Waals surface area (Å²) in [6.07, 6.45) is 6.01. The summed E-state index contributed by atoms with van der Waals surface area (Å²) >= 11 is 3.77. The van der Waals surface area contributed by atoms with E-state index >= 15 is 0 Å². The second-order valence-electron chi connectivity index (χ2n) is 5.05. The average Bonchev–Trinajstić information content (AvgIpc) is 2.25. The van der Waals surface area contributed by atoms with E-state index in [0.29, 0.717) is 0 Å². The van der Waals surface area contributed by atoms with Crippen LogP contribution in [-0.2, 0) is 0 Å². The molecule has 0 bridgehead atoms. The van der Waals surface area contributed by atoms with Crippen molar-refractivity contribution in [2.45, 2.75) is 46.0 Å². The van der Waals surface area contributed by atoms with Crippen LogP contribution < -0.4 is 5.32 Å². The lowest BCUT2D eigenvalue weighted by molar-refractivity contribution is 0.233. The monoisotopic (exact) mass is 260 g/mol. The van der Waals surface area contributed by atoms with E-state index in [1.807, 2.05) is 0 Å². The van der Waals surface area contributed by atoms with Gasteiger partial charge in [-0.1, -0.05) is 32.9 Å². The fraction of sp³-hybridized carbons (Fsp3) is 0.923. The first kappa shape index (κ1) is 16.8. The van der Waals surface area contributed by atoms with Crippen molar-refractivity contribution < 1.29 is 4.79 Å². The summed E-state index contributed by atoms with van der Waals surface area (Å²) in [5, 5.41) is 3.31. The summed E-state index contributed by atoms with van der Waals surface area (Å²) in [6, 6.07) is 0. The zero-order valence-corrected chi connectivity index (χ0v) is 12.4. The number of carbonyl (C=O) groups is 1. The zero-order chi connectivity index (χ0) is 13.1. The molecule has 0 spiro atoms. The maximum Gasteiger partial charge on any atom is 0.278 e. The lowest BCUT2D eigenvalue weighted by Gasteiger charge is -2.13. The fourth-order valence-corrected chi connectivity index (χ4v) is 1.73. The molecular formula is C13H28N2OS. The lowest BCUT2D eigenvalue weighted by Crippen LogP contribution is -2.22. The van der Waals surface area contributed by atoms with Crippen molar-refractivity contribution in [1.29, 1.82) is 0 Å². The molecule has 0 aliphatic rings.